The molecule has 0 spiro atoms. The number of nitrogens with zero attached hydrogens (tertiary/aromatic N) is 1. The summed E-state index contributed by atoms with van der Waals surface area (Å²) in [6, 6.07) is -0.347. The molecule has 0 saturated heterocycles. The third-order valence-corrected chi connectivity index (χ3v) is 2.73. The van der Waals surface area contributed by atoms with E-state index in [0.717, 1.165) is 0 Å². The second-order valence-electron chi connectivity index (χ2n) is 5.35. The minimum Gasteiger partial charge on any atom is -0.481 e. The Balaban J connectivity index is 4.12. The number of rotatable bonds is 9. The van der Waals surface area contributed by atoms with Gasteiger partial charge in [0.15, 0.2) is 0 Å². The first-order chi connectivity index (χ1) is 9.23. The maximum absolute atomic E-state index is 11.9. The molecule has 0 fully saturated rings. The van der Waals surface area contributed by atoms with Gasteiger partial charge in [0.2, 0.25) is 5.91 Å². The Labute approximate surface area is 119 Å². The van der Waals surface area contributed by atoms with Gasteiger partial charge in [-0.3, -0.25) is 9.59 Å². The molecule has 20 heavy (non-hydrogen) atoms. The number of nitrogens with two attached hydrogens (primary N) is 1. The summed E-state index contributed by atoms with van der Waals surface area (Å²) in [5.74, 6) is -1.59. The van der Waals surface area contributed by atoms with Gasteiger partial charge in [0.25, 0.3) is 0 Å². The SMILES string of the molecule is CC(C)CN(CC(N)=O)C(=O)NCCCC(C)C(=O)O. The number of carboxylic acids is 1. The fraction of sp³-hybridized carbons (Fsp3) is 0.769. The fourth-order valence-corrected chi connectivity index (χ4v) is 1.69. The monoisotopic (exact) mass is 287 g/mol. The third kappa shape index (κ3) is 8.34. The average molecular weight is 287 g/mol. The number of nitrogens with one attached hydrogen (secondary N) is 1. The first kappa shape index (κ1) is 18.2. The molecule has 1 atom stereocenters. The molecule has 0 rings (SSSR count). The lowest BCUT2D eigenvalue weighted by Crippen LogP contribution is -2.46. The molecule has 7 heteroatoms. The summed E-state index contributed by atoms with van der Waals surface area (Å²) >= 11 is 0. The van der Waals surface area contributed by atoms with E-state index in [1.165, 1.54) is 4.90 Å². The number of carboxylic acid groups (broad SMARTS) is 1. The molecule has 0 aliphatic heterocycles. The molecular formula is C13H25N3O4. The van der Waals surface area contributed by atoms with Crippen LogP contribution in [0.25, 0.3) is 0 Å². The molecular weight excluding hydrogens is 262 g/mol. The van der Waals surface area contributed by atoms with Crippen LogP contribution in [0.5, 0.6) is 0 Å². The van der Waals surface area contributed by atoms with Crippen molar-refractivity contribution >= 4 is 17.9 Å². The van der Waals surface area contributed by atoms with Gasteiger partial charge < -0.3 is 21.1 Å². The van der Waals surface area contributed by atoms with Crippen molar-refractivity contribution in [2.75, 3.05) is 19.6 Å². The van der Waals surface area contributed by atoms with E-state index in [0.29, 0.717) is 25.9 Å². The minimum absolute atomic E-state index is 0.116. The van der Waals surface area contributed by atoms with E-state index in [9.17, 15) is 14.4 Å². The van der Waals surface area contributed by atoms with Gasteiger partial charge in [-0.1, -0.05) is 20.8 Å². The first-order valence-electron chi connectivity index (χ1n) is 6.78. The number of hydrogen-bond acceptors (Lipinski definition) is 3. The van der Waals surface area contributed by atoms with Crippen LogP contribution in [0.3, 0.4) is 0 Å². The summed E-state index contributed by atoms with van der Waals surface area (Å²) < 4.78 is 0. The Morgan fingerprint density at radius 2 is 1.85 bits per heavy atom. The molecule has 116 valence electrons. The molecule has 7 nitrogen and oxygen atoms in total. The Kier molecular flexibility index (Phi) is 8.35. The number of carbonyl (C=O) groups is 3. The second-order valence-corrected chi connectivity index (χ2v) is 5.35. The zero-order valence-electron chi connectivity index (χ0n) is 12.4. The lowest BCUT2D eigenvalue weighted by Gasteiger charge is -2.23. The second kappa shape index (κ2) is 9.17. The number of primary amides is 1. The predicted octanol–water partition coefficient (Wildman–Crippen LogP) is 0.640. The first-order valence-corrected chi connectivity index (χ1v) is 6.78. The van der Waals surface area contributed by atoms with Crippen molar-refractivity contribution in [2.24, 2.45) is 17.6 Å². The molecule has 0 aliphatic carbocycles. The van der Waals surface area contributed by atoms with E-state index >= 15 is 0 Å². The highest BCUT2D eigenvalue weighted by molar-refractivity contribution is 5.82. The number of carbonyl (C=O) groups excluding carboxylic acids is 2. The summed E-state index contributed by atoms with van der Waals surface area (Å²) in [7, 11) is 0. The van der Waals surface area contributed by atoms with Crippen molar-refractivity contribution < 1.29 is 19.5 Å². The zero-order valence-corrected chi connectivity index (χ0v) is 12.4. The van der Waals surface area contributed by atoms with Crippen LogP contribution in [0.2, 0.25) is 0 Å². The van der Waals surface area contributed by atoms with Gasteiger partial charge in [0.1, 0.15) is 6.54 Å². The summed E-state index contributed by atoms with van der Waals surface area (Å²) in [4.78, 5) is 34.8. The molecule has 0 aromatic rings. The van der Waals surface area contributed by atoms with Gasteiger partial charge in [0.05, 0.1) is 5.92 Å². The molecule has 0 heterocycles. The smallest absolute Gasteiger partial charge is 0.317 e. The normalized spacial score (nSPS) is 12.0. The highest BCUT2D eigenvalue weighted by Gasteiger charge is 2.17. The maximum Gasteiger partial charge on any atom is 0.317 e. The van der Waals surface area contributed by atoms with E-state index in [-0.39, 0.29) is 18.5 Å². The van der Waals surface area contributed by atoms with Gasteiger partial charge in [0, 0.05) is 13.1 Å². The number of hydrogen-bond donors (Lipinski definition) is 3. The minimum atomic E-state index is -0.841. The summed E-state index contributed by atoms with van der Waals surface area (Å²) in [5.41, 5.74) is 5.11. The van der Waals surface area contributed by atoms with Crippen molar-refractivity contribution in [2.45, 2.75) is 33.6 Å². The highest BCUT2D eigenvalue weighted by Crippen LogP contribution is 2.04. The van der Waals surface area contributed by atoms with Crippen molar-refractivity contribution in [1.82, 2.24) is 10.2 Å². The zero-order chi connectivity index (χ0) is 15.7. The van der Waals surface area contributed by atoms with E-state index in [1.807, 2.05) is 13.8 Å². The Morgan fingerprint density at radius 3 is 2.30 bits per heavy atom. The van der Waals surface area contributed by atoms with Crippen LogP contribution < -0.4 is 11.1 Å². The predicted molar refractivity (Wildman–Crippen MR) is 75.0 cm³/mol. The van der Waals surface area contributed by atoms with Gasteiger partial charge in [-0.15, -0.1) is 0 Å². The molecule has 3 amide bonds. The van der Waals surface area contributed by atoms with Crippen LogP contribution in [0.1, 0.15) is 33.6 Å². The van der Waals surface area contributed by atoms with Crippen molar-refractivity contribution in [1.29, 1.82) is 0 Å². The Hall–Kier alpha value is -1.79. The van der Waals surface area contributed by atoms with Crippen LogP contribution in [-0.2, 0) is 9.59 Å². The van der Waals surface area contributed by atoms with Crippen molar-refractivity contribution in [3.63, 3.8) is 0 Å². The Morgan fingerprint density at radius 1 is 1.25 bits per heavy atom. The molecule has 0 bridgehead atoms. The maximum atomic E-state index is 11.9. The number of urea groups is 1. The van der Waals surface area contributed by atoms with Crippen LogP contribution in [0.15, 0.2) is 0 Å². The van der Waals surface area contributed by atoms with Gasteiger partial charge >= 0.3 is 12.0 Å². The van der Waals surface area contributed by atoms with Crippen molar-refractivity contribution in [3.05, 3.63) is 0 Å². The van der Waals surface area contributed by atoms with Gasteiger partial charge in [-0.2, -0.15) is 0 Å². The van der Waals surface area contributed by atoms with E-state index in [1.54, 1.807) is 6.92 Å². The molecule has 0 aromatic carbocycles. The van der Waals surface area contributed by atoms with E-state index < -0.39 is 17.8 Å². The molecule has 4 N–H and O–H groups in total. The lowest BCUT2D eigenvalue weighted by atomic mass is 10.1. The average Bonchev–Trinajstić information content (AvgIpc) is 2.31. The van der Waals surface area contributed by atoms with Crippen LogP contribution in [0, 0.1) is 11.8 Å². The molecule has 0 saturated carbocycles. The fourth-order valence-electron chi connectivity index (χ4n) is 1.69. The van der Waals surface area contributed by atoms with Gasteiger partial charge in [-0.25, -0.2) is 4.79 Å². The van der Waals surface area contributed by atoms with Crippen LogP contribution >= 0.6 is 0 Å². The lowest BCUT2D eigenvalue weighted by molar-refractivity contribution is -0.141. The highest BCUT2D eigenvalue weighted by atomic mass is 16.4. The number of aliphatic carboxylic acids is 1. The quantitative estimate of drug-likeness (QED) is 0.540. The van der Waals surface area contributed by atoms with Crippen LogP contribution in [0.4, 0.5) is 4.79 Å². The van der Waals surface area contributed by atoms with E-state index in [2.05, 4.69) is 5.32 Å². The summed E-state index contributed by atoms with van der Waals surface area (Å²) in [6.07, 6.45) is 1.07. The van der Waals surface area contributed by atoms with Crippen molar-refractivity contribution in [3.8, 4) is 0 Å². The standard InChI is InChI=1S/C13H25N3O4/c1-9(2)7-16(8-11(14)17)13(20)15-6-4-5-10(3)12(18)19/h9-10H,4-8H2,1-3H3,(H2,14,17)(H,15,20)(H,18,19). The molecule has 0 aliphatic rings. The molecule has 0 aromatic heterocycles. The van der Waals surface area contributed by atoms with E-state index in [4.69, 9.17) is 10.8 Å². The molecule has 0 radical (unpaired) electrons. The Bertz CT molecular complexity index is 345. The topological polar surface area (TPSA) is 113 Å². The summed E-state index contributed by atoms with van der Waals surface area (Å²) in [6.45, 7) is 6.22. The molecule has 1 unspecified atom stereocenters. The summed E-state index contributed by atoms with van der Waals surface area (Å²) in [5, 5.41) is 11.4. The number of amides is 3. The van der Waals surface area contributed by atoms with Crippen LogP contribution in [-0.4, -0.2) is 47.5 Å². The largest absolute Gasteiger partial charge is 0.481 e. The van der Waals surface area contributed by atoms with Gasteiger partial charge in [-0.05, 0) is 18.8 Å². The third-order valence-electron chi connectivity index (χ3n) is 2.73.